The summed E-state index contributed by atoms with van der Waals surface area (Å²) in [6, 6.07) is 0. The third-order valence-electron chi connectivity index (χ3n) is 7.86. The summed E-state index contributed by atoms with van der Waals surface area (Å²) in [6.07, 6.45) is 0.955. The second-order valence-electron chi connectivity index (χ2n) is 8.81. The van der Waals surface area contributed by atoms with Crippen LogP contribution in [0.5, 0.6) is 0 Å². The molecule has 168 valence electrons. The lowest BCUT2D eigenvalue weighted by molar-refractivity contribution is 0.683. The van der Waals surface area contributed by atoms with Gasteiger partial charge in [-0.3, -0.25) is 0 Å². The maximum atomic E-state index is 7.10. The van der Waals surface area contributed by atoms with Crippen molar-refractivity contribution in [2.75, 3.05) is 0 Å². The molecule has 32 heavy (non-hydrogen) atoms. The highest BCUT2D eigenvalue weighted by molar-refractivity contribution is 6.69. The van der Waals surface area contributed by atoms with Crippen molar-refractivity contribution in [2.24, 2.45) is 0 Å². The van der Waals surface area contributed by atoms with E-state index in [1.807, 2.05) is 0 Å². The molecule has 0 aliphatic heterocycles. The minimum Gasteiger partial charge on any atom is -0.105 e. The number of fused-ring (bicyclic) bond motifs is 14. The fourth-order valence-corrected chi connectivity index (χ4v) is 12.1. The minimum atomic E-state index is -1.71. The molecule has 0 aromatic heterocycles. The summed E-state index contributed by atoms with van der Waals surface area (Å²) < 4.78 is -3.41. The van der Waals surface area contributed by atoms with E-state index in [9.17, 15) is 0 Å². The third-order valence-corrected chi connectivity index (χ3v) is 16.1. The molecule has 0 aromatic rings. The summed E-state index contributed by atoms with van der Waals surface area (Å²) >= 11 is 81.6. The number of hydrogen-bond acceptors (Lipinski definition) is 0. The van der Waals surface area contributed by atoms with Crippen molar-refractivity contribution in [1.82, 2.24) is 0 Å². The highest BCUT2D eigenvalue weighted by Crippen LogP contribution is 2.83. The number of halogens is 12. The summed E-state index contributed by atoms with van der Waals surface area (Å²) in [5.74, 6) is 0. The van der Waals surface area contributed by atoms with Gasteiger partial charge >= 0.3 is 0 Å². The van der Waals surface area contributed by atoms with Gasteiger partial charge in [0.1, 0.15) is 19.5 Å². The molecule has 12 heteroatoms. The van der Waals surface area contributed by atoms with Gasteiger partial charge in [-0.2, -0.15) is 0 Å². The predicted molar refractivity (Wildman–Crippen MR) is 138 cm³/mol. The van der Waals surface area contributed by atoms with Gasteiger partial charge in [0.15, 0.2) is 8.67 Å². The molecule has 0 amide bonds. The molecule has 4 atom stereocenters. The highest BCUT2D eigenvalue weighted by atomic mass is 35.5. The number of rotatable bonds is 0. The summed E-state index contributed by atoms with van der Waals surface area (Å²) in [4.78, 5) is -6.01. The molecule has 0 saturated heterocycles. The molecule has 7 rings (SSSR count). The molecule has 1 fully saturated rings. The molecular weight excluding hydrogens is 666 g/mol. The maximum Gasteiger partial charge on any atom is 0.174 e. The van der Waals surface area contributed by atoms with E-state index in [0.717, 1.165) is 22.3 Å². The van der Waals surface area contributed by atoms with E-state index in [-0.39, 0.29) is 20.1 Å². The van der Waals surface area contributed by atoms with Crippen LogP contribution in [0.1, 0.15) is 12.8 Å². The van der Waals surface area contributed by atoms with E-state index in [0.29, 0.717) is 35.1 Å². The first-order valence-electron chi connectivity index (χ1n) is 9.18. The maximum absolute atomic E-state index is 7.10. The molecule has 6 bridgehead atoms. The topological polar surface area (TPSA) is 0 Å². The molecular formula is C20H4Cl12. The van der Waals surface area contributed by atoms with Gasteiger partial charge < -0.3 is 0 Å². The Balaban J connectivity index is 1.54. The number of hydrogen-bond donors (Lipinski definition) is 0. The standard InChI is InChI=1S/C20H4Cl12/c21-11-12(22)18(28)10-6(15(11,25)19(18,29)30)2-3-4-1-5(7(3)10)9-8(4)16(26)13(23)14(24)17(9,27)20(16,31)32/h1-2H2. The molecule has 0 N–H and O–H groups in total. The first-order valence-corrected chi connectivity index (χ1v) is 13.7. The van der Waals surface area contributed by atoms with Gasteiger partial charge in [0.2, 0.25) is 0 Å². The van der Waals surface area contributed by atoms with E-state index < -0.39 is 28.2 Å². The summed E-state index contributed by atoms with van der Waals surface area (Å²) in [5, 5.41) is 0.446. The van der Waals surface area contributed by atoms with Gasteiger partial charge in [-0.1, -0.05) is 92.8 Å². The average Bonchev–Trinajstić information content (AvgIpc) is 3.48. The fraction of sp³-hybridized carbons (Fsp3) is 0.400. The first-order chi connectivity index (χ1) is 14.6. The van der Waals surface area contributed by atoms with Crippen molar-refractivity contribution >= 4 is 139 Å². The Kier molecular flexibility index (Phi) is 4.19. The van der Waals surface area contributed by atoms with E-state index >= 15 is 0 Å². The Morgan fingerprint density at radius 2 is 0.844 bits per heavy atom. The molecule has 1 saturated carbocycles. The number of allylic oxidation sites excluding steroid dienone is 12. The van der Waals surface area contributed by atoms with E-state index in [1.54, 1.807) is 0 Å². The average molecular weight is 670 g/mol. The Hall–Kier alpha value is 1.92. The van der Waals surface area contributed by atoms with Crippen LogP contribution in [0.4, 0.5) is 0 Å². The quantitative estimate of drug-likeness (QED) is 0.226. The Morgan fingerprint density at radius 1 is 0.438 bits per heavy atom. The SMILES string of the molecule is ClC1=C(Cl)C2(Cl)C3=C(CC4=C3C3=C5C(=C4C3)C3(Cl)C(Cl)=C(Cl)C5(Cl)C3(Cl)Cl)C1(Cl)C2(Cl)Cl. The highest BCUT2D eigenvalue weighted by Gasteiger charge is 2.83. The summed E-state index contributed by atoms with van der Waals surface area (Å²) in [6.45, 7) is 0. The molecule has 0 spiro atoms. The molecule has 0 aromatic carbocycles. The van der Waals surface area contributed by atoms with Crippen molar-refractivity contribution in [3.8, 4) is 0 Å². The molecule has 4 unspecified atom stereocenters. The normalized spacial score (nSPS) is 46.1. The second-order valence-corrected chi connectivity index (χ2v) is 15.2. The van der Waals surface area contributed by atoms with Crippen molar-refractivity contribution < 1.29 is 0 Å². The lowest BCUT2D eigenvalue weighted by Crippen LogP contribution is -2.46. The van der Waals surface area contributed by atoms with E-state index in [1.165, 1.54) is 0 Å². The van der Waals surface area contributed by atoms with Gasteiger partial charge in [0, 0.05) is 0 Å². The van der Waals surface area contributed by atoms with Crippen LogP contribution in [0.2, 0.25) is 0 Å². The van der Waals surface area contributed by atoms with Gasteiger partial charge in [-0.15, -0.1) is 46.4 Å². The Morgan fingerprint density at radius 3 is 1.38 bits per heavy atom. The van der Waals surface area contributed by atoms with Crippen LogP contribution >= 0.6 is 139 Å². The Bertz CT molecular complexity index is 1370. The molecule has 7 aliphatic carbocycles. The largest absolute Gasteiger partial charge is 0.174 e. The zero-order chi connectivity index (χ0) is 23.3. The van der Waals surface area contributed by atoms with Crippen molar-refractivity contribution in [3.63, 3.8) is 0 Å². The van der Waals surface area contributed by atoms with Crippen LogP contribution in [-0.4, -0.2) is 28.2 Å². The molecule has 7 aliphatic rings. The molecule has 0 heterocycles. The van der Waals surface area contributed by atoms with Crippen LogP contribution < -0.4 is 0 Å². The van der Waals surface area contributed by atoms with Gasteiger partial charge in [0.05, 0.1) is 20.1 Å². The second kappa shape index (κ2) is 5.82. The third kappa shape index (κ3) is 1.70. The van der Waals surface area contributed by atoms with Crippen LogP contribution in [0.15, 0.2) is 64.7 Å². The monoisotopic (exact) mass is 664 g/mol. The van der Waals surface area contributed by atoms with E-state index in [2.05, 4.69) is 0 Å². The summed E-state index contributed by atoms with van der Waals surface area (Å²) in [7, 11) is 0. The van der Waals surface area contributed by atoms with Gasteiger partial charge in [-0.25, -0.2) is 0 Å². The lowest BCUT2D eigenvalue weighted by atomic mass is 9.82. The van der Waals surface area contributed by atoms with Crippen molar-refractivity contribution in [2.45, 2.75) is 41.0 Å². The fourth-order valence-electron chi connectivity index (χ4n) is 6.56. The van der Waals surface area contributed by atoms with E-state index in [4.69, 9.17) is 139 Å². The number of alkyl halides is 8. The Labute approximate surface area is 242 Å². The lowest BCUT2D eigenvalue weighted by Gasteiger charge is -2.36. The zero-order valence-corrected chi connectivity index (χ0v) is 24.0. The zero-order valence-electron chi connectivity index (χ0n) is 14.9. The summed E-state index contributed by atoms with van der Waals surface area (Å²) in [5.41, 5.74) is 6.26. The predicted octanol–water partition coefficient (Wildman–Crippen LogP) is 9.68. The van der Waals surface area contributed by atoms with Crippen LogP contribution in [0.25, 0.3) is 0 Å². The van der Waals surface area contributed by atoms with Crippen LogP contribution in [-0.2, 0) is 0 Å². The van der Waals surface area contributed by atoms with Gasteiger partial charge in [0.25, 0.3) is 0 Å². The first kappa shape index (κ1) is 23.1. The minimum absolute atomic E-state index is 0.0990. The van der Waals surface area contributed by atoms with Crippen LogP contribution in [0.3, 0.4) is 0 Å². The molecule has 0 radical (unpaired) electrons. The molecule has 0 nitrogen and oxygen atoms in total. The van der Waals surface area contributed by atoms with Crippen LogP contribution in [0, 0.1) is 0 Å². The smallest absolute Gasteiger partial charge is 0.105 e. The van der Waals surface area contributed by atoms with Crippen molar-refractivity contribution in [3.05, 3.63) is 64.7 Å². The van der Waals surface area contributed by atoms with Crippen molar-refractivity contribution in [1.29, 1.82) is 0 Å². The van der Waals surface area contributed by atoms with Gasteiger partial charge in [-0.05, 0) is 57.4 Å².